The first-order valence-corrected chi connectivity index (χ1v) is 6.50. The second kappa shape index (κ2) is 6.20. The summed E-state index contributed by atoms with van der Waals surface area (Å²) >= 11 is 4.09. The quantitative estimate of drug-likeness (QED) is 0.827. The fraction of sp³-hybridized carbons (Fsp3) is 0.462. The smallest absolute Gasteiger partial charge is 0.254 e. The van der Waals surface area contributed by atoms with Crippen LogP contribution in [0.25, 0.3) is 0 Å². The van der Waals surface area contributed by atoms with Crippen LogP contribution in [-0.4, -0.2) is 25.2 Å². The Kier molecular flexibility index (Phi) is 4.60. The van der Waals surface area contributed by atoms with Crippen LogP contribution < -0.4 is 5.32 Å². The molecule has 1 unspecified atom stereocenters. The molecule has 0 saturated carbocycles. The van der Waals surface area contributed by atoms with E-state index in [9.17, 15) is 9.18 Å². The number of rotatable bonds is 3. The van der Waals surface area contributed by atoms with Gasteiger partial charge in [-0.2, -0.15) is 0 Å². The van der Waals surface area contributed by atoms with Gasteiger partial charge in [-0.05, 0) is 37.5 Å². The topological polar surface area (TPSA) is 38.3 Å². The summed E-state index contributed by atoms with van der Waals surface area (Å²) in [5, 5.41) is 2.70. The van der Waals surface area contributed by atoms with Gasteiger partial charge in [0.2, 0.25) is 0 Å². The zero-order chi connectivity index (χ0) is 13.0. The standard InChI is InChI=1S/C13H16FNO2S/c14-12-5-4-10(18)7-11(12)13(16)15-8-9-3-1-2-6-17-9/h4-5,7,9,18H,1-3,6,8H2,(H,15,16). The molecule has 5 heteroatoms. The summed E-state index contributed by atoms with van der Waals surface area (Å²) in [4.78, 5) is 12.4. The number of carbonyl (C=O) groups excluding carboxylic acids is 1. The van der Waals surface area contributed by atoms with E-state index < -0.39 is 11.7 Å². The van der Waals surface area contributed by atoms with Gasteiger partial charge in [-0.1, -0.05) is 0 Å². The molecule has 1 heterocycles. The first-order valence-electron chi connectivity index (χ1n) is 6.05. The van der Waals surface area contributed by atoms with Crippen molar-refractivity contribution in [2.75, 3.05) is 13.2 Å². The summed E-state index contributed by atoms with van der Waals surface area (Å²) in [6, 6.07) is 4.18. The molecule has 18 heavy (non-hydrogen) atoms. The number of benzene rings is 1. The minimum Gasteiger partial charge on any atom is -0.376 e. The van der Waals surface area contributed by atoms with Crippen LogP contribution in [0.4, 0.5) is 4.39 Å². The van der Waals surface area contributed by atoms with Crippen LogP contribution in [0.1, 0.15) is 29.6 Å². The number of nitrogens with one attached hydrogen (secondary N) is 1. The molecule has 1 aromatic carbocycles. The maximum Gasteiger partial charge on any atom is 0.254 e. The maximum absolute atomic E-state index is 13.5. The fourth-order valence-corrected chi connectivity index (χ4v) is 2.16. The summed E-state index contributed by atoms with van der Waals surface area (Å²) in [6.07, 6.45) is 3.17. The van der Waals surface area contributed by atoms with Crippen molar-refractivity contribution in [1.82, 2.24) is 5.32 Å². The number of hydrogen-bond donors (Lipinski definition) is 2. The van der Waals surface area contributed by atoms with Crippen LogP contribution in [-0.2, 0) is 4.74 Å². The minimum atomic E-state index is -0.533. The highest BCUT2D eigenvalue weighted by Gasteiger charge is 2.17. The molecule has 1 aromatic rings. The summed E-state index contributed by atoms with van der Waals surface area (Å²) in [6.45, 7) is 1.16. The molecule has 0 bridgehead atoms. The van der Waals surface area contributed by atoms with Gasteiger partial charge in [0, 0.05) is 18.0 Å². The Hall–Kier alpha value is -1.07. The van der Waals surface area contributed by atoms with Crippen molar-refractivity contribution in [2.24, 2.45) is 0 Å². The van der Waals surface area contributed by atoms with E-state index in [0.29, 0.717) is 11.4 Å². The zero-order valence-corrected chi connectivity index (χ0v) is 10.9. The Balaban J connectivity index is 1.92. The molecule has 3 nitrogen and oxygen atoms in total. The van der Waals surface area contributed by atoms with Crippen molar-refractivity contribution in [1.29, 1.82) is 0 Å². The molecule has 1 aliphatic heterocycles. The number of carbonyl (C=O) groups is 1. The molecule has 2 rings (SSSR count). The van der Waals surface area contributed by atoms with Crippen molar-refractivity contribution in [3.63, 3.8) is 0 Å². The largest absolute Gasteiger partial charge is 0.376 e. The van der Waals surface area contributed by atoms with Gasteiger partial charge in [-0.3, -0.25) is 4.79 Å². The second-order valence-electron chi connectivity index (χ2n) is 4.36. The Morgan fingerprint density at radius 3 is 3.06 bits per heavy atom. The third-order valence-corrected chi connectivity index (χ3v) is 3.24. The molecule has 0 aromatic heterocycles. The predicted octanol–water partition coefficient (Wildman–Crippen LogP) is 2.41. The summed E-state index contributed by atoms with van der Waals surface area (Å²) in [5.74, 6) is -0.951. The van der Waals surface area contributed by atoms with Crippen molar-refractivity contribution in [2.45, 2.75) is 30.3 Å². The number of amides is 1. The summed E-state index contributed by atoms with van der Waals surface area (Å²) in [7, 11) is 0. The van der Waals surface area contributed by atoms with Crippen molar-refractivity contribution in [3.05, 3.63) is 29.6 Å². The van der Waals surface area contributed by atoms with Gasteiger partial charge >= 0.3 is 0 Å². The van der Waals surface area contributed by atoms with Crippen LogP contribution >= 0.6 is 12.6 Å². The summed E-state index contributed by atoms with van der Waals surface area (Å²) < 4.78 is 19.0. The van der Waals surface area contributed by atoms with E-state index in [2.05, 4.69) is 17.9 Å². The summed E-state index contributed by atoms with van der Waals surface area (Å²) in [5.41, 5.74) is 0.0262. The normalized spacial score (nSPS) is 19.6. The Labute approximate surface area is 111 Å². The third kappa shape index (κ3) is 3.46. The number of thiol groups is 1. The monoisotopic (exact) mass is 269 g/mol. The van der Waals surface area contributed by atoms with Gasteiger partial charge in [-0.25, -0.2) is 4.39 Å². The number of ether oxygens (including phenoxy) is 1. The van der Waals surface area contributed by atoms with E-state index in [1.807, 2.05) is 0 Å². The first kappa shape index (κ1) is 13.4. The molecule has 1 amide bonds. The molecule has 1 N–H and O–H groups in total. The lowest BCUT2D eigenvalue weighted by Crippen LogP contribution is -2.35. The average molecular weight is 269 g/mol. The van der Waals surface area contributed by atoms with E-state index in [4.69, 9.17) is 4.74 Å². The molecular weight excluding hydrogens is 253 g/mol. The molecular formula is C13H16FNO2S. The van der Waals surface area contributed by atoms with E-state index in [1.165, 1.54) is 18.2 Å². The van der Waals surface area contributed by atoms with Gasteiger partial charge in [0.25, 0.3) is 5.91 Å². The molecule has 0 aliphatic carbocycles. The van der Waals surface area contributed by atoms with E-state index in [0.717, 1.165) is 25.9 Å². The highest BCUT2D eigenvalue weighted by atomic mass is 32.1. The predicted molar refractivity (Wildman–Crippen MR) is 69.6 cm³/mol. The second-order valence-corrected chi connectivity index (χ2v) is 4.88. The first-order chi connectivity index (χ1) is 8.66. The Bertz CT molecular complexity index is 433. The number of halogens is 1. The third-order valence-electron chi connectivity index (χ3n) is 2.96. The molecule has 98 valence electrons. The lowest BCUT2D eigenvalue weighted by molar-refractivity contribution is 0.0168. The van der Waals surface area contributed by atoms with Gasteiger partial charge in [0.05, 0.1) is 11.7 Å². The highest BCUT2D eigenvalue weighted by Crippen LogP contribution is 2.14. The van der Waals surface area contributed by atoms with Crippen molar-refractivity contribution in [3.8, 4) is 0 Å². The Morgan fingerprint density at radius 1 is 1.50 bits per heavy atom. The number of hydrogen-bond acceptors (Lipinski definition) is 3. The van der Waals surface area contributed by atoms with Gasteiger partial charge in [0.15, 0.2) is 0 Å². The average Bonchev–Trinajstić information content (AvgIpc) is 2.40. The van der Waals surface area contributed by atoms with Crippen LogP contribution in [0, 0.1) is 5.82 Å². The van der Waals surface area contributed by atoms with Crippen LogP contribution in [0.5, 0.6) is 0 Å². The van der Waals surface area contributed by atoms with Crippen LogP contribution in [0.3, 0.4) is 0 Å². The van der Waals surface area contributed by atoms with Gasteiger partial charge in [0.1, 0.15) is 5.82 Å². The molecule has 1 aliphatic rings. The highest BCUT2D eigenvalue weighted by molar-refractivity contribution is 7.80. The fourth-order valence-electron chi connectivity index (χ4n) is 1.96. The molecule has 1 atom stereocenters. The molecule has 0 radical (unpaired) electrons. The molecule has 1 saturated heterocycles. The van der Waals surface area contributed by atoms with Crippen molar-refractivity contribution >= 4 is 18.5 Å². The molecule has 0 spiro atoms. The van der Waals surface area contributed by atoms with Gasteiger partial charge < -0.3 is 10.1 Å². The maximum atomic E-state index is 13.5. The van der Waals surface area contributed by atoms with Crippen LogP contribution in [0.2, 0.25) is 0 Å². The Morgan fingerprint density at radius 2 is 2.33 bits per heavy atom. The van der Waals surface area contributed by atoms with Gasteiger partial charge in [-0.15, -0.1) is 12.6 Å². The lowest BCUT2D eigenvalue weighted by atomic mass is 10.1. The van der Waals surface area contributed by atoms with E-state index >= 15 is 0 Å². The minimum absolute atomic E-state index is 0.0262. The van der Waals surface area contributed by atoms with E-state index in [1.54, 1.807) is 0 Å². The lowest BCUT2D eigenvalue weighted by Gasteiger charge is -2.22. The van der Waals surface area contributed by atoms with Crippen LogP contribution in [0.15, 0.2) is 23.1 Å². The molecule has 1 fully saturated rings. The SMILES string of the molecule is O=C(NCC1CCCCO1)c1cc(S)ccc1F. The zero-order valence-electron chi connectivity index (χ0n) is 9.99. The van der Waals surface area contributed by atoms with E-state index in [-0.39, 0.29) is 11.7 Å². The van der Waals surface area contributed by atoms with Crippen molar-refractivity contribution < 1.29 is 13.9 Å².